The van der Waals surface area contributed by atoms with Crippen molar-refractivity contribution in [3.63, 3.8) is 0 Å². The monoisotopic (exact) mass is 422 g/mol. The molecule has 0 aliphatic heterocycles. The number of hydrogen-bond donors (Lipinski definition) is 1. The maximum atomic E-state index is 10.4. The second-order valence-corrected chi connectivity index (χ2v) is 9.26. The second-order valence-electron chi connectivity index (χ2n) is 9.26. The van der Waals surface area contributed by atoms with Crippen LogP contribution in [0.3, 0.4) is 0 Å². The van der Waals surface area contributed by atoms with E-state index in [0.717, 1.165) is 12.8 Å². The fourth-order valence-electron chi connectivity index (χ4n) is 4.11. The number of allylic oxidation sites excluding steroid dienone is 2. The molecule has 0 spiro atoms. The van der Waals surface area contributed by atoms with Gasteiger partial charge in [0.1, 0.15) is 0 Å². The number of carboxylic acids is 1. The summed E-state index contributed by atoms with van der Waals surface area (Å²) in [6.07, 6.45) is 36.0. The van der Waals surface area contributed by atoms with Crippen molar-refractivity contribution in [3.05, 3.63) is 12.2 Å². The predicted molar refractivity (Wildman–Crippen MR) is 133 cm³/mol. The molecule has 178 valence electrons. The molecule has 0 rings (SSSR count). The minimum Gasteiger partial charge on any atom is -0.481 e. The van der Waals surface area contributed by atoms with E-state index in [1.165, 1.54) is 135 Å². The second kappa shape index (κ2) is 26.2. The average molecular weight is 423 g/mol. The summed E-state index contributed by atoms with van der Waals surface area (Å²) in [5.74, 6) is -0.657. The highest BCUT2D eigenvalue weighted by atomic mass is 16.4. The highest BCUT2D eigenvalue weighted by molar-refractivity contribution is 5.66. The Hall–Kier alpha value is -0.790. The fraction of sp³-hybridized carbons (Fsp3) is 0.893. The maximum Gasteiger partial charge on any atom is 0.303 e. The number of carbonyl (C=O) groups is 1. The summed E-state index contributed by atoms with van der Waals surface area (Å²) in [6, 6.07) is 0. The topological polar surface area (TPSA) is 37.3 Å². The van der Waals surface area contributed by atoms with Crippen LogP contribution in [0.25, 0.3) is 0 Å². The molecule has 0 aromatic carbocycles. The number of hydrogen-bond acceptors (Lipinski definition) is 1. The average Bonchev–Trinajstić information content (AvgIpc) is 2.73. The molecule has 0 heterocycles. The van der Waals surface area contributed by atoms with Crippen LogP contribution < -0.4 is 0 Å². The molecular formula is C28H54O2. The lowest BCUT2D eigenvalue weighted by atomic mass is 10.0. The molecule has 0 aromatic rings. The van der Waals surface area contributed by atoms with Crippen LogP contribution in [0.15, 0.2) is 12.2 Å². The van der Waals surface area contributed by atoms with Crippen LogP contribution in [0, 0.1) is 0 Å². The third kappa shape index (κ3) is 27.2. The summed E-state index contributed by atoms with van der Waals surface area (Å²) < 4.78 is 0. The van der Waals surface area contributed by atoms with Crippen molar-refractivity contribution in [2.24, 2.45) is 0 Å². The van der Waals surface area contributed by atoms with Crippen molar-refractivity contribution in [1.29, 1.82) is 0 Å². The van der Waals surface area contributed by atoms with Gasteiger partial charge in [0.2, 0.25) is 0 Å². The van der Waals surface area contributed by atoms with Crippen LogP contribution >= 0.6 is 0 Å². The molecule has 0 aliphatic carbocycles. The molecule has 0 saturated heterocycles. The highest BCUT2D eigenvalue weighted by Gasteiger charge is 1.96. The summed E-state index contributed by atoms with van der Waals surface area (Å²) in [4.78, 5) is 10.4. The lowest BCUT2D eigenvalue weighted by Gasteiger charge is -2.03. The van der Waals surface area contributed by atoms with Gasteiger partial charge in [0.15, 0.2) is 0 Å². The van der Waals surface area contributed by atoms with Crippen molar-refractivity contribution in [2.75, 3.05) is 0 Å². The zero-order valence-corrected chi connectivity index (χ0v) is 20.5. The molecule has 2 nitrogen and oxygen atoms in total. The quantitative estimate of drug-likeness (QED) is 0.117. The van der Waals surface area contributed by atoms with Crippen LogP contribution in [0.4, 0.5) is 0 Å². The maximum absolute atomic E-state index is 10.4. The van der Waals surface area contributed by atoms with Gasteiger partial charge in [0.25, 0.3) is 0 Å². The molecule has 0 bridgehead atoms. The van der Waals surface area contributed by atoms with Gasteiger partial charge in [-0.1, -0.05) is 135 Å². The highest BCUT2D eigenvalue weighted by Crippen LogP contribution is 2.14. The third-order valence-corrected chi connectivity index (χ3v) is 6.15. The molecule has 0 aliphatic rings. The lowest BCUT2D eigenvalue weighted by molar-refractivity contribution is -0.137. The summed E-state index contributed by atoms with van der Waals surface area (Å²) in [6.45, 7) is 2.29. The van der Waals surface area contributed by atoms with Crippen molar-refractivity contribution < 1.29 is 9.90 Å². The van der Waals surface area contributed by atoms with Crippen molar-refractivity contribution in [3.8, 4) is 0 Å². The van der Waals surface area contributed by atoms with Crippen LogP contribution in [0.5, 0.6) is 0 Å². The Bertz CT molecular complexity index is 362. The van der Waals surface area contributed by atoms with E-state index in [0.29, 0.717) is 6.42 Å². The largest absolute Gasteiger partial charge is 0.481 e. The van der Waals surface area contributed by atoms with Gasteiger partial charge < -0.3 is 5.11 Å². The fourth-order valence-corrected chi connectivity index (χ4v) is 4.11. The van der Waals surface area contributed by atoms with Crippen LogP contribution in [0.2, 0.25) is 0 Å². The predicted octanol–water partition coefficient (Wildman–Crippen LogP) is 10.0. The van der Waals surface area contributed by atoms with E-state index in [4.69, 9.17) is 5.11 Å². The smallest absolute Gasteiger partial charge is 0.303 e. The number of carboxylic acid groups (broad SMARTS) is 1. The van der Waals surface area contributed by atoms with Gasteiger partial charge in [-0.3, -0.25) is 4.79 Å². The number of aliphatic carboxylic acids is 1. The van der Waals surface area contributed by atoms with E-state index < -0.39 is 5.97 Å². The zero-order chi connectivity index (χ0) is 22.0. The Morgan fingerprint density at radius 1 is 0.500 bits per heavy atom. The third-order valence-electron chi connectivity index (χ3n) is 6.15. The van der Waals surface area contributed by atoms with Crippen molar-refractivity contribution in [1.82, 2.24) is 0 Å². The van der Waals surface area contributed by atoms with E-state index in [9.17, 15) is 4.79 Å². The van der Waals surface area contributed by atoms with Gasteiger partial charge in [0, 0.05) is 6.42 Å². The Kier molecular flexibility index (Phi) is 25.6. The number of unbranched alkanes of at least 4 members (excludes halogenated alkanes) is 21. The van der Waals surface area contributed by atoms with Gasteiger partial charge in [-0.15, -0.1) is 0 Å². The first-order chi connectivity index (χ1) is 14.8. The van der Waals surface area contributed by atoms with E-state index in [-0.39, 0.29) is 0 Å². The Labute approximate surface area is 189 Å². The van der Waals surface area contributed by atoms with E-state index in [1.807, 2.05) is 0 Å². The van der Waals surface area contributed by atoms with E-state index >= 15 is 0 Å². The summed E-state index contributed by atoms with van der Waals surface area (Å²) in [5.41, 5.74) is 0. The first kappa shape index (κ1) is 29.2. The molecule has 0 saturated carbocycles. The normalized spacial score (nSPS) is 11.5. The summed E-state index contributed by atoms with van der Waals surface area (Å²) >= 11 is 0. The molecule has 0 aromatic heterocycles. The van der Waals surface area contributed by atoms with E-state index in [1.54, 1.807) is 0 Å². The molecule has 0 unspecified atom stereocenters. The molecule has 0 fully saturated rings. The summed E-state index contributed by atoms with van der Waals surface area (Å²) in [5, 5.41) is 8.59. The van der Waals surface area contributed by atoms with Crippen LogP contribution in [0.1, 0.15) is 161 Å². The molecule has 30 heavy (non-hydrogen) atoms. The first-order valence-corrected chi connectivity index (χ1v) is 13.6. The Morgan fingerprint density at radius 3 is 1.13 bits per heavy atom. The standard InChI is InChI=1S/C28H54O2/c1-2-3-4-5-6-7-8-9-10-11-12-13-14-15-16-17-18-19-20-21-22-23-24-25-26-27-28(29)30/h17-18H,2-16,19-27H2,1H3,(H,29,30)/b18-17-. The molecule has 0 amide bonds. The number of rotatable bonds is 25. The van der Waals surface area contributed by atoms with Gasteiger partial charge in [-0.25, -0.2) is 0 Å². The van der Waals surface area contributed by atoms with Gasteiger partial charge >= 0.3 is 5.97 Å². The van der Waals surface area contributed by atoms with Crippen molar-refractivity contribution in [2.45, 2.75) is 161 Å². The summed E-state index contributed by atoms with van der Waals surface area (Å²) in [7, 11) is 0. The van der Waals surface area contributed by atoms with Gasteiger partial charge in [0.05, 0.1) is 0 Å². The lowest BCUT2D eigenvalue weighted by Crippen LogP contribution is -1.93. The first-order valence-electron chi connectivity index (χ1n) is 13.6. The Balaban J connectivity index is 3.08. The van der Waals surface area contributed by atoms with Crippen molar-refractivity contribution >= 4 is 5.97 Å². The van der Waals surface area contributed by atoms with Gasteiger partial charge in [-0.2, -0.15) is 0 Å². The minimum atomic E-state index is -0.657. The molecule has 2 heteroatoms. The molecule has 0 radical (unpaired) electrons. The molecular weight excluding hydrogens is 368 g/mol. The van der Waals surface area contributed by atoms with Crippen LogP contribution in [-0.2, 0) is 4.79 Å². The molecule has 1 N–H and O–H groups in total. The minimum absolute atomic E-state index is 0.337. The van der Waals surface area contributed by atoms with Crippen LogP contribution in [-0.4, -0.2) is 11.1 Å². The zero-order valence-electron chi connectivity index (χ0n) is 20.5. The SMILES string of the molecule is CCCCCCCCCCCCCCCC/C=C\CCCCCCCCCC(=O)O. The molecule has 0 atom stereocenters. The Morgan fingerprint density at radius 2 is 0.800 bits per heavy atom. The van der Waals surface area contributed by atoms with Gasteiger partial charge in [-0.05, 0) is 32.1 Å². The van der Waals surface area contributed by atoms with E-state index in [2.05, 4.69) is 19.1 Å².